The molecule has 15 heteroatoms. The van der Waals surface area contributed by atoms with Crippen molar-refractivity contribution in [1.82, 2.24) is 29.6 Å². The molecule has 1 aromatic heterocycles. The number of halogens is 3. The summed E-state index contributed by atoms with van der Waals surface area (Å²) in [7, 11) is 5.05. The lowest BCUT2D eigenvalue weighted by Gasteiger charge is -2.36. The number of hydrogen-bond acceptors (Lipinski definition) is 8. The number of nitrogens with zero attached hydrogens (tertiary/aromatic N) is 5. The van der Waals surface area contributed by atoms with Gasteiger partial charge in [-0.3, -0.25) is 14.4 Å². The molecule has 12 nitrogen and oxygen atoms in total. The maximum atomic E-state index is 15.4. The van der Waals surface area contributed by atoms with Crippen LogP contribution in [-0.2, 0) is 16.6 Å². The molecule has 266 valence electrons. The van der Waals surface area contributed by atoms with E-state index in [9.17, 15) is 14.4 Å². The van der Waals surface area contributed by atoms with Crippen molar-refractivity contribution in [3.05, 3.63) is 76.3 Å². The second kappa shape index (κ2) is 15.9. The number of anilines is 1. The van der Waals surface area contributed by atoms with Crippen LogP contribution in [0.15, 0.2) is 42.7 Å². The molecule has 2 saturated heterocycles. The van der Waals surface area contributed by atoms with E-state index in [-0.39, 0.29) is 62.2 Å². The van der Waals surface area contributed by atoms with Gasteiger partial charge in [0.15, 0.2) is 17.5 Å². The minimum atomic E-state index is -1.15. The van der Waals surface area contributed by atoms with Crippen LogP contribution in [0.2, 0.25) is 5.02 Å². The van der Waals surface area contributed by atoms with Crippen molar-refractivity contribution in [3.63, 3.8) is 0 Å². The molecule has 2 fully saturated rings. The van der Waals surface area contributed by atoms with Crippen molar-refractivity contribution in [2.24, 2.45) is 13.0 Å². The fourth-order valence-electron chi connectivity index (χ4n) is 6.20. The quantitative estimate of drug-likeness (QED) is 0.201. The summed E-state index contributed by atoms with van der Waals surface area (Å²) in [6.07, 6.45) is 3.56. The van der Waals surface area contributed by atoms with E-state index in [2.05, 4.69) is 20.5 Å². The number of benzene rings is 2. The van der Waals surface area contributed by atoms with Gasteiger partial charge in [0.2, 0.25) is 5.91 Å². The van der Waals surface area contributed by atoms with Crippen LogP contribution in [0.3, 0.4) is 0 Å². The molecule has 0 aliphatic carbocycles. The van der Waals surface area contributed by atoms with Gasteiger partial charge >= 0.3 is 0 Å². The molecular formula is C35H41ClF2N8O4. The standard InChI is InChI=1S/C35H41ClF2N8O4/c1-21(39)27(18-40-10-16-50-4)24-7-8-26(31(38)30(24)37)29-19-41-32(44(29)3)33(47)42-23-5-6-25(28(36)17-23)35(49)46-14-12-45(13-15-46)34(48)22-9-11-43(2)20-22/h5-8,17-19,22,39-40H,9-16,20H2,1-4H3,(H,42,47)/b27-18+,39-21?. The zero-order valence-corrected chi connectivity index (χ0v) is 29.2. The molecule has 1 atom stereocenters. The SMILES string of the molecule is COCCN/C=C(\C(C)=N)c1ccc(-c2cnc(C(=O)Nc3ccc(C(=O)N4CCN(C(=O)C5CCN(C)C5)CC4)c(Cl)c3)n2C)c(F)c1F. The maximum absolute atomic E-state index is 15.4. The monoisotopic (exact) mass is 710 g/mol. The summed E-state index contributed by atoms with van der Waals surface area (Å²) in [5.41, 5.74) is 0.748. The third-order valence-corrected chi connectivity index (χ3v) is 9.33. The number of carbonyl (C=O) groups excluding carboxylic acids is 3. The highest BCUT2D eigenvalue weighted by Crippen LogP contribution is 2.31. The lowest BCUT2D eigenvalue weighted by molar-refractivity contribution is -0.136. The predicted octanol–water partition coefficient (Wildman–Crippen LogP) is 4.12. The normalized spacial score (nSPS) is 16.9. The Bertz CT molecular complexity index is 1820. The number of amides is 3. The minimum absolute atomic E-state index is 0.000815. The van der Waals surface area contributed by atoms with Gasteiger partial charge in [0.25, 0.3) is 11.8 Å². The molecule has 2 aromatic carbocycles. The lowest BCUT2D eigenvalue weighted by Crippen LogP contribution is -2.52. The van der Waals surface area contributed by atoms with Crippen LogP contribution in [0, 0.1) is 23.0 Å². The molecule has 0 spiro atoms. The number of allylic oxidation sites excluding steroid dienone is 1. The van der Waals surface area contributed by atoms with E-state index in [1.165, 1.54) is 62.3 Å². The molecule has 0 saturated carbocycles. The van der Waals surface area contributed by atoms with Crippen LogP contribution in [0.25, 0.3) is 16.8 Å². The minimum Gasteiger partial charge on any atom is -0.388 e. The Kier molecular flexibility index (Phi) is 11.7. The Morgan fingerprint density at radius 1 is 1.04 bits per heavy atom. The van der Waals surface area contributed by atoms with Crippen LogP contribution in [0.1, 0.15) is 39.9 Å². The van der Waals surface area contributed by atoms with Gasteiger partial charge in [-0.2, -0.15) is 0 Å². The number of methoxy groups -OCH3 is 1. The van der Waals surface area contributed by atoms with Gasteiger partial charge in [-0.25, -0.2) is 13.8 Å². The van der Waals surface area contributed by atoms with Gasteiger partial charge in [-0.1, -0.05) is 17.7 Å². The summed E-state index contributed by atoms with van der Waals surface area (Å²) in [6.45, 7) is 5.65. The van der Waals surface area contributed by atoms with Crippen LogP contribution in [0.4, 0.5) is 14.5 Å². The number of imidazole rings is 1. The Morgan fingerprint density at radius 2 is 1.74 bits per heavy atom. The van der Waals surface area contributed by atoms with Crippen molar-refractivity contribution < 1.29 is 27.9 Å². The second-order valence-electron chi connectivity index (χ2n) is 12.5. The molecule has 3 aromatic rings. The number of ether oxygens (including phenoxy) is 1. The van der Waals surface area contributed by atoms with E-state index >= 15 is 8.78 Å². The summed E-state index contributed by atoms with van der Waals surface area (Å²) < 4.78 is 37.1. The van der Waals surface area contributed by atoms with Crippen LogP contribution in [-0.4, -0.2) is 114 Å². The average Bonchev–Trinajstić information content (AvgIpc) is 3.71. The number of aromatic nitrogens is 2. The molecule has 2 aliphatic heterocycles. The second-order valence-corrected chi connectivity index (χ2v) is 12.9. The summed E-state index contributed by atoms with van der Waals surface area (Å²) in [4.78, 5) is 49.2. The summed E-state index contributed by atoms with van der Waals surface area (Å²) in [6, 6.07) is 7.29. The molecular weight excluding hydrogens is 670 g/mol. The first-order valence-corrected chi connectivity index (χ1v) is 16.6. The Morgan fingerprint density at radius 3 is 2.38 bits per heavy atom. The van der Waals surface area contributed by atoms with Crippen LogP contribution >= 0.6 is 11.6 Å². The molecule has 3 heterocycles. The molecule has 50 heavy (non-hydrogen) atoms. The average molecular weight is 711 g/mol. The van der Waals surface area contributed by atoms with E-state index in [0.717, 1.165) is 19.5 Å². The fraction of sp³-hybridized carbons (Fsp3) is 0.400. The zero-order valence-electron chi connectivity index (χ0n) is 28.5. The van der Waals surface area contributed by atoms with Gasteiger partial charge in [-0.15, -0.1) is 0 Å². The first-order chi connectivity index (χ1) is 23.9. The molecule has 2 aliphatic rings. The van der Waals surface area contributed by atoms with Crippen LogP contribution < -0.4 is 10.6 Å². The number of hydrogen-bond donors (Lipinski definition) is 3. The number of piperazine rings is 1. The van der Waals surface area contributed by atoms with Gasteiger partial charge in [0.05, 0.1) is 35.0 Å². The first kappa shape index (κ1) is 36.6. The summed E-state index contributed by atoms with van der Waals surface area (Å²) >= 11 is 6.50. The smallest absolute Gasteiger partial charge is 0.291 e. The molecule has 0 bridgehead atoms. The lowest BCUT2D eigenvalue weighted by atomic mass is 9.99. The fourth-order valence-corrected chi connectivity index (χ4v) is 6.46. The van der Waals surface area contributed by atoms with Crippen molar-refractivity contribution in [1.29, 1.82) is 5.41 Å². The third kappa shape index (κ3) is 7.87. The number of carbonyl (C=O) groups is 3. The van der Waals surface area contributed by atoms with E-state index in [0.29, 0.717) is 45.0 Å². The van der Waals surface area contributed by atoms with E-state index < -0.39 is 17.5 Å². The largest absolute Gasteiger partial charge is 0.388 e. The van der Waals surface area contributed by atoms with Crippen LogP contribution in [0.5, 0.6) is 0 Å². The van der Waals surface area contributed by atoms with E-state index in [1.807, 2.05) is 11.9 Å². The third-order valence-electron chi connectivity index (χ3n) is 9.02. The van der Waals surface area contributed by atoms with Gasteiger partial charge in [0, 0.05) is 87.7 Å². The van der Waals surface area contributed by atoms with Crippen molar-refractivity contribution in [3.8, 4) is 11.3 Å². The highest BCUT2D eigenvalue weighted by molar-refractivity contribution is 6.34. The number of rotatable bonds is 11. The Balaban J connectivity index is 1.24. The Hall–Kier alpha value is -4.66. The molecule has 0 radical (unpaired) electrons. The van der Waals surface area contributed by atoms with E-state index in [4.69, 9.17) is 21.7 Å². The first-order valence-electron chi connectivity index (χ1n) is 16.3. The molecule has 1 unspecified atom stereocenters. The Labute approximate surface area is 294 Å². The summed E-state index contributed by atoms with van der Waals surface area (Å²) in [5.74, 6) is -3.13. The molecule has 3 N–H and O–H groups in total. The molecule has 3 amide bonds. The highest BCUT2D eigenvalue weighted by atomic mass is 35.5. The van der Waals surface area contributed by atoms with Crippen molar-refractivity contribution in [2.45, 2.75) is 13.3 Å². The van der Waals surface area contributed by atoms with Crippen molar-refractivity contribution >= 4 is 46.3 Å². The molecule has 5 rings (SSSR count). The number of likely N-dealkylation sites (tertiary alicyclic amines) is 1. The predicted molar refractivity (Wildman–Crippen MR) is 187 cm³/mol. The van der Waals surface area contributed by atoms with Crippen molar-refractivity contribution in [2.75, 3.05) is 71.9 Å². The maximum Gasteiger partial charge on any atom is 0.291 e. The zero-order chi connectivity index (χ0) is 36.1. The number of nitrogens with one attached hydrogen (secondary N) is 3. The summed E-state index contributed by atoms with van der Waals surface area (Å²) in [5, 5.41) is 13.8. The van der Waals surface area contributed by atoms with Gasteiger partial charge in [-0.05, 0) is 51.2 Å². The highest BCUT2D eigenvalue weighted by Gasteiger charge is 2.33. The topological polar surface area (TPSA) is 136 Å². The van der Waals surface area contributed by atoms with E-state index in [1.54, 1.807) is 11.0 Å². The van der Waals surface area contributed by atoms with Gasteiger partial charge in [0.1, 0.15) is 0 Å². The van der Waals surface area contributed by atoms with Gasteiger partial charge < -0.3 is 40.0 Å².